The van der Waals surface area contributed by atoms with E-state index >= 15 is 0 Å². The van der Waals surface area contributed by atoms with Gasteiger partial charge >= 0.3 is 0 Å². The van der Waals surface area contributed by atoms with E-state index in [0.717, 1.165) is 0 Å². The maximum absolute atomic E-state index is 6.00. The molecule has 0 saturated carbocycles. The van der Waals surface area contributed by atoms with Gasteiger partial charge in [0.25, 0.3) is 0 Å². The Hall–Kier alpha value is -1.03. The molecule has 0 N–H and O–H groups in total. The first-order valence-corrected chi connectivity index (χ1v) is 6.38. The van der Waals surface area contributed by atoms with E-state index in [-0.39, 0.29) is 0 Å². The minimum absolute atomic E-state index is 0.329. The molecule has 0 bridgehead atoms. The Balaban J connectivity index is 2.33. The topological polar surface area (TPSA) is 35.0 Å². The highest BCUT2D eigenvalue weighted by Crippen LogP contribution is 2.31. The lowest BCUT2D eigenvalue weighted by Crippen LogP contribution is -1.96. The second-order valence-corrected chi connectivity index (χ2v) is 4.71. The van der Waals surface area contributed by atoms with Crippen LogP contribution in [0, 0.1) is 0 Å². The van der Waals surface area contributed by atoms with Gasteiger partial charge in [-0.25, -0.2) is 4.98 Å². The van der Waals surface area contributed by atoms with Crippen molar-refractivity contribution in [3.05, 3.63) is 45.3 Å². The monoisotopic (exact) mass is 302 g/mol. The van der Waals surface area contributed by atoms with Gasteiger partial charge in [0.2, 0.25) is 5.88 Å². The summed E-state index contributed by atoms with van der Waals surface area (Å²) in [4.78, 5) is 8.25. The Labute approximate surface area is 120 Å². The van der Waals surface area contributed by atoms with Gasteiger partial charge in [-0.3, -0.25) is 0 Å². The standard InChI is InChI=1S/C12H9Cl3N2O/c1-2-11-16-10(15)6-12(17-11)18-9-5-7(13)3-4-8(9)14/h3-6H,2H2,1H3. The molecule has 6 heteroatoms. The zero-order valence-electron chi connectivity index (χ0n) is 9.45. The molecule has 2 aromatic rings. The van der Waals surface area contributed by atoms with Gasteiger partial charge in [-0.1, -0.05) is 41.7 Å². The van der Waals surface area contributed by atoms with Crippen molar-refractivity contribution in [2.45, 2.75) is 13.3 Å². The summed E-state index contributed by atoms with van der Waals surface area (Å²) in [6, 6.07) is 6.48. The van der Waals surface area contributed by atoms with Crippen LogP contribution in [0.15, 0.2) is 24.3 Å². The maximum Gasteiger partial charge on any atom is 0.224 e. The van der Waals surface area contributed by atoms with Crippen LogP contribution in [0.1, 0.15) is 12.7 Å². The minimum atomic E-state index is 0.329. The highest BCUT2D eigenvalue weighted by molar-refractivity contribution is 6.34. The molecule has 2 rings (SSSR count). The largest absolute Gasteiger partial charge is 0.437 e. The Morgan fingerprint density at radius 1 is 1.11 bits per heavy atom. The van der Waals surface area contributed by atoms with Gasteiger partial charge in [-0.2, -0.15) is 4.98 Å². The third-order valence-electron chi connectivity index (χ3n) is 2.14. The highest BCUT2D eigenvalue weighted by atomic mass is 35.5. The van der Waals surface area contributed by atoms with E-state index in [9.17, 15) is 0 Å². The van der Waals surface area contributed by atoms with E-state index in [1.807, 2.05) is 6.92 Å². The molecule has 0 spiro atoms. The Bertz CT molecular complexity index is 575. The molecule has 3 nitrogen and oxygen atoms in total. The molecule has 0 fully saturated rings. The minimum Gasteiger partial charge on any atom is -0.437 e. The van der Waals surface area contributed by atoms with Crippen molar-refractivity contribution in [1.82, 2.24) is 9.97 Å². The van der Waals surface area contributed by atoms with E-state index in [2.05, 4.69) is 9.97 Å². The first-order chi connectivity index (χ1) is 8.58. The van der Waals surface area contributed by atoms with Crippen molar-refractivity contribution >= 4 is 34.8 Å². The third kappa shape index (κ3) is 3.25. The molecule has 0 radical (unpaired) electrons. The highest BCUT2D eigenvalue weighted by Gasteiger charge is 2.08. The van der Waals surface area contributed by atoms with Crippen molar-refractivity contribution in [3.8, 4) is 11.6 Å². The molecule has 94 valence electrons. The van der Waals surface area contributed by atoms with Gasteiger partial charge in [-0.05, 0) is 12.1 Å². The fraction of sp³-hybridized carbons (Fsp3) is 0.167. The van der Waals surface area contributed by atoms with Crippen LogP contribution in [0.25, 0.3) is 0 Å². The number of aryl methyl sites for hydroxylation is 1. The lowest BCUT2D eigenvalue weighted by atomic mass is 10.3. The zero-order chi connectivity index (χ0) is 13.1. The second-order valence-electron chi connectivity index (χ2n) is 3.48. The number of hydrogen-bond acceptors (Lipinski definition) is 3. The summed E-state index contributed by atoms with van der Waals surface area (Å²) in [5, 5.41) is 1.31. The SMILES string of the molecule is CCc1nc(Cl)cc(Oc2cc(Cl)ccc2Cl)n1. The van der Waals surface area contributed by atoms with E-state index in [1.54, 1.807) is 18.2 Å². The molecule has 0 aliphatic rings. The predicted octanol–water partition coefficient (Wildman–Crippen LogP) is 4.79. The average Bonchev–Trinajstić information content (AvgIpc) is 2.33. The molecular weight excluding hydrogens is 295 g/mol. The number of rotatable bonds is 3. The molecule has 0 saturated heterocycles. The summed E-state index contributed by atoms with van der Waals surface area (Å²) in [6.07, 6.45) is 0.667. The van der Waals surface area contributed by atoms with Gasteiger partial charge in [0.05, 0.1) is 5.02 Å². The summed E-state index contributed by atoms with van der Waals surface area (Å²) >= 11 is 17.8. The smallest absolute Gasteiger partial charge is 0.224 e. The van der Waals surface area contributed by atoms with Crippen LogP contribution in [0.2, 0.25) is 15.2 Å². The number of aromatic nitrogens is 2. The zero-order valence-corrected chi connectivity index (χ0v) is 11.7. The summed E-state index contributed by atoms with van der Waals surface area (Å²) in [7, 11) is 0. The molecule has 0 amide bonds. The van der Waals surface area contributed by atoms with Crippen molar-refractivity contribution in [2.75, 3.05) is 0 Å². The van der Waals surface area contributed by atoms with Crippen molar-refractivity contribution in [2.24, 2.45) is 0 Å². The molecule has 1 aromatic heterocycles. The lowest BCUT2D eigenvalue weighted by Gasteiger charge is -2.08. The number of halogens is 3. The first-order valence-electron chi connectivity index (χ1n) is 5.25. The van der Waals surface area contributed by atoms with Gasteiger partial charge < -0.3 is 4.74 Å². The van der Waals surface area contributed by atoms with E-state index in [1.165, 1.54) is 6.07 Å². The molecular formula is C12H9Cl3N2O. The van der Waals surface area contributed by atoms with Crippen LogP contribution in [0.3, 0.4) is 0 Å². The quantitative estimate of drug-likeness (QED) is 0.765. The van der Waals surface area contributed by atoms with Crippen LogP contribution in [0.5, 0.6) is 11.6 Å². The number of ether oxygens (including phenoxy) is 1. The van der Waals surface area contributed by atoms with Gasteiger partial charge in [-0.15, -0.1) is 0 Å². The summed E-state index contributed by atoms with van der Waals surface area (Å²) in [5.74, 6) is 1.38. The predicted molar refractivity (Wildman–Crippen MR) is 73.0 cm³/mol. The molecule has 0 aliphatic heterocycles. The molecule has 0 unspecified atom stereocenters. The second kappa shape index (κ2) is 5.74. The Kier molecular flexibility index (Phi) is 4.27. The van der Waals surface area contributed by atoms with Gasteiger partial charge in [0.1, 0.15) is 16.7 Å². The van der Waals surface area contributed by atoms with Crippen LogP contribution < -0.4 is 4.74 Å². The summed E-state index contributed by atoms with van der Waals surface area (Å²) in [6.45, 7) is 1.93. The van der Waals surface area contributed by atoms with Gasteiger partial charge in [0, 0.05) is 23.6 Å². The average molecular weight is 304 g/mol. The summed E-state index contributed by atoms with van der Waals surface area (Å²) in [5.41, 5.74) is 0. The van der Waals surface area contributed by atoms with Crippen molar-refractivity contribution in [3.63, 3.8) is 0 Å². The van der Waals surface area contributed by atoms with Gasteiger partial charge in [0.15, 0.2) is 0 Å². The number of nitrogens with zero attached hydrogens (tertiary/aromatic N) is 2. The van der Waals surface area contributed by atoms with Crippen molar-refractivity contribution in [1.29, 1.82) is 0 Å². The van der Waals surface area contributed by atoms with E-state index < -0.39 is 0 Å². The maximum atomic E-state index is 6.00. The fourth-order valence-electron chi connectivity index (χ4n) is 1.32. The van der Waals surface area contributed by atoms with Crippen LogP contribution in [-0.4, -0.2) is 9.97 Å². The number of hydrogen-bond donors (Lipinski definition) is 0. The molecule has 1 aromatic carbocycles. The normalized spacial score (nSPS) is 10.4. The number of benzene rings is 1. The van der Waals surface area contributed by atoms with Crippen molar-refractivity contribution < 1.29 is 4.74 Å². The molecule has 0 atom stereocenters. The Morgan fingerprint density at radius 3 is 2.61 bits per heavy atom. The lowest BCUT2D eigenvalue weighted by molar-refractivity contribution is 0.459. The van der Waals surface area contributed by atoms with Crippen LogP contribution in [0.4, 0.5) is 0 Å². The Morgan fingerprint density at radius 2 is 1.89 bits per heavy atom. The molecule has 1 heterocycles. The van der Waals surface area contributed by atoms with Crippen LogP contribution in [-0.2, 0) is 6.42 Å². The van der Waals surface area contributed by atoms with E-state index in [4.69, 9.17) is 39.5 Å². The fourth-order valence-corrected chi connectivity index (χ4v) is 1.83. The molecule has 18 heavy (non-hydrogen) atoms. The van der Waals surface area contributed by atoms with E-state index in [0.29, 0.717) is 39.1 Å². The first kappa shape index (κ1) is 13.4. The van der Waals surface area contributed by atoms with Crippen LogP contribution >= 0.6 is 34.8 Å². The molecule has 0 aliphatic carbocycles. The summed E-state index contributed by atoms with van der Waals surface area (Å²) < 4.78 is 5.56. The third-order valence-corrected chi connectivity index (χ3v) is 2.88.